The van der Waals surface area contributed by atoms with Gasteiger partial charge >= 0.3 is 0 Å². The number of quaternary nitrogens is 1. The highest BCUT2D eigenvalue weighted by Crippen LogP contribution is 2.11. The molecule has 0 atom stereocenters. The molecule has 5 nitrogen and oxygen atoms in total. The number of carbonyl (C=O) groups is 1. The molecule has 2 N–H and O–H groups in total. The molecule has 0 fully saturated rings. The van der Waals surface area contributed by atoms with E-state index < -0.39 is 4.92 Å². The zero-order chi connectivity index (χ0) is 14.1. The average Bonchev–Trinajstić information content (AvgIpc) is 2.42. The van der Waals surface area contributed by atoms with Crippen molar-refractivity contribution in [3.05, 3.63) is 64.4 Å². The number of hydrogen-bond acceptors (Lipinski definition) is 3. The van der Waals surface area contributed by atoms with Gasteiger partial charge in [0.15, 0.2) is 0 Å². The molecule has 1 aromatic carbocycles. The lowest BCUT2D eigenvalue weighted by Gasteiger charge is -1.97. The molecule has 0 amide bonds. The van der Waals surface area contributed by atoms with Crippen LogP contribution in [0.15, 0.2) is 48.7 Å². The Hall–Kier alpha value is -2.27. The number of hydrogen-bond donors (Lipinski definition) is 1. The van der Waals surface area contributed by atoms with Gasteiger partial charge in [-0.3, -0.25) is 14.9 Å². The van der Waals surface area contributed by atoms with Gasteiger partial charge in [0.05, 0.1) is 11.1 Å². The van der Waals surface area contributed by atoms with Crippen molar-refractivity contribution in [2.24, 2.45) is 0 Å². The molecule has 1 aromatic rings. The van der Waals surface area contributed by atoms with Gasteiger partial charge in [0.1, 0.15) is 6.54 Å². The molecule has 0 saturated carbocycles. The van der Waals surface area contributed by atoms with E-state index in [0.717, 1.165) is 6.42 Å². The molecule has 0 unspecified atom stereocenters. The van der Waals surface area contributed by atoms with Crippen LogP contribution in [0.5, 0.6) is 0 Å². The van der Waals surface area contributed by atoms with Crippen LogP contribution in [0.2, 0.25) is 0 Å². The number of rotatable bonds is 7. The first-order valence-electron chi connectivity index (χ1n) is 6.07. The van der Waals surface area contributed by atoms with Gasteiger partial charge < -0.3 is 5.32 Å². The van der Waals surface area contributed by atoms with Crippen molar-refractivity contribution < 1.29 is 15.0 Å². The standard InChI is InChI=1S/C14H16N2O3/c1-2-3-4-5-10-15-11-14(17)12-6-8-13(9-7-12)16(18)19/h3-10,15H,2,11H2,1H3/p+1/b4-3-,10-5-. The van der Waals surface area contributed by atoms with E-state index in [2.05, 4.69) is 0 Å². The third-order valence-electron chi connectivity index (χ3n) is 2.43. The first-order chi connectivity index (χ1) is 9.15. The second-order valence-electron chi connectivity index (χ2n) is 3.89. The highest BCUT2D eigenvalue weighted by Gasteiger charge is 2.09. The van der Waals surface area contributed by atoms with Crippen molar-refractivity contribution in [2.75, 3.05) is 6.54 Å². The van der Waals surface area contributed by atoms with Crippen LogP contribution in [0.1, 0.15) is 23.7 Å². The summed E-state index contributed by atoms with van der Waals surface area (Å²) in [6.07, 6.45) is 8.60. The number of nitrogens with zero attached hydrogens (tertiary/aromatic N) is 1. The normalized spacial score (nSPS) is 11.2. The summed E-state index contributed by atoms with van der Waals surface area (Å²) in [4.78, 5) is 21.8. The molecule has 0 saturated heterocycles. The van der Waals surface area contributed by atoms with E-state index in [4.69, 9.17) is 0 Å². The van der Waals surface area contributed by atoms with Crippen LogP contribution in [-0.2, 0) is 0 Å². The van der Waals surface area contributed by atoms with Crippen LogP contribution < -0.4 is 5.32 Å². The maximum Gasteiger partial charge on any atom is 0.269 e. The molecule has 0 bridgehead atoms. The molecule has 100 valence electrons. The van der Waals surface area contributed by atoms with Crippen molar-refractivity contribution in [3.63, 3.8) is 0 Å². The van der Waals surface area contributed by atoms with Crippen molar-refractivity contribution in [1.29, 1.82) is 0 Å². The number of nitrogens with two attached hydrogens (primary N) is 1. The zero-order valence-corrected chi connectivity index (χ0v) is 10.8. The topological polar surface area (TPSA) is 76.8 Å². The van der Waals surface area contributed by atoms with E-state index in [9.17, 15) is 14.9 Å². The predicted octanol–water partition coefficient (Wildman–Crippen LogP) is 1.82. The first-order valence-corrected chi connectivity index (χ1v) is 6.07. The number of allylic oxidation sites excluding steroid dienone is 3. The summed E-state index contributed by atoms with van der Waals surface area (Å²) in [5, 5.41) is 12.2. The third kappa shape index (κ3) is 5.27. The lowest BCUT2D eigenvalue weighted by molar-refractivity contribution is -0.574. The number of nitro groups is 1. The van der Waals surface area contributed by atoms with Gasteiger partial charge in [0.2, 0.25) is 5.78 Å². The average molecular weight is 261 g/mol. The van der Waals surface area contributed by atoms with Crippen LogP contribution in [0, 0.1) is 10.1 Å². The molecule has 0 radical (unpaired) electrons. The predicted molar refractivity (Wildman–Crippen MR) is 72.8 cm³/mol. The number of non-ortho nitro benzene ring substituents is 1. The summed E-state index contributed by atoms with van der Waals surface area (Å²) in [5.41, 5.74) is 0.476. The van der Waals surface area contributed by atoms with E-state index in [-0.39, 0.29) is 18.0 Å². The summed E-state index contributed by atoms with van der Waals surface area (Å²) in [7, 11) is 0. The van der Waals surface area contributed by atoms with Crippen molar-refractivity contribution in [3.8, 4) is 0 Å². The molecule has 0 aromatic heterocycles. The fraction of sp³-hybridized carbons (Fsp3) is 0.214. The Kier molecular flexibility index (Phi) is 6.18. The smallest absolute Gasteiger partial charge is 0.269 e. The van der Waals surface area contributed by atoms with Gasteiger partial charge in [-0.15, -0.1) is 0 Å². The highest BCUT2D eigenvalue weighted by atomic mass is 16.6. The first kappa shape index (κ1) is 14.8. The highest BCUT2D eigenvalue weighted by molar-refractivity contribution is 5.96. The zero-order valence-electron chi connectivity index (χ0n) is 10.8. The lowest BCUT2D eigenvalue weighted by Crippen LogP contribution is -2.79. The molecule has 0 spiro atoms. The van der Waals surface area contributed by atoms with Crippen molar-refractivity contribution >= 4 is 11.5 Å². The number of ketones is 1. The summed E-state index contributed by atoms with van der Waals surface area (Å²) < 4.78 is 0. The van der Waals surface area contributed by atoms with Crippen LogP contribution in [0.25, 0.3) is 0 Å². The molecule has 19 heavy (non-hydrogen) atoms. The Bertz CT molecular complexity index is 490. The molecular formula is C14H17N2O3+. The second kappa shape index (κ2) is 7.94. The third-order valence-corrected chi connectivity index (χ3v) is 2.43. The minimum atomic E-state index is -0.483. The minimum absolute atomic E-state index is 0.00914. The maximum absolute atomic E-state index is 11.8. The van der Waals surface area contributed by atoms with Gasteiger partial charge in [0, 0.05) is 17.7 Å². The van der Waals surface area contributed by atoms with Crippen molar-refractivity contribution in [2.45, 2.75) is 13.3 Å². The number of carbonyl (C=O) groups excluding carboxylic acids is 1. The molecular weight excluding hydrogens is 244 g/mol. The fourth-order valence-electron chi connectivity index (χ4n) is 1.42. The van der Waals surface area contributed by atoms with Gasteiger partial charge in [-0.05, 0) is 24.6 Å². The SMILES string of the molecule is CC/C=C\C=C/[NH2+]CC(=O)c1ccc([N+](=O)[O-])cc1. The summed E-state index contributed by atoms with van der Waals surface area (Å²) in [6, 6.07) is 5.64. The van der Waals surface area contributed by atoms with Gasteiger partial charge in [-0.1, -0.05) is 19.1 Å². The number of nitro benzene ring substituents is 1. The number of Topliss-reactive ketones (excluding diaryl/α,β-unsaturated/α-hetero) is 1. The van der Waals surface area contributed by atoms with E-state index >= 15 is 0 Å². The van der Waals surface area contributed by atoms with Crippen LogP contribution in [-0.4, -0.2) is 17.3 Å². The molecule has 0 heterocycles. The Morgan fingerprint density at radius 2 is 2.00 bits per heavy atom. The Balaban J connectivity index is 2.47. The summed E-state index contributed by atoms with van der Waals surface area (Å²) in [5.74, 6) is -0.0565. The summed E-state index contributed by atoms with van der Waals surface area (Å²) in [6.45, 7) is 2.33. The van der Waals surface area contributed by atoms with Crippen molar-refractivity contribution in [1.82, 2.24) is 0 Å². The quantitative estimate of drug-likeness (QED) is 0.352. The molecule has 0 aliphatic heterocycles. The second-order valence-corrected chi connectivity index (χ2v) is 3.89. The van der Waals surface area contributed by atoms with E-state index in [1.165, 1.54) is 24.3 Å². The summed E-state index contributed by atoms with van der Waals surface area (Å²) >= 11 is 0. The van der Waals surface area contributed by atoms with E-state index in [1.54, 1.807) is 5.32 Å². The Morgan fingerprint density at radius 3 is 2.58 bits per heavy atom. The number of benzene rings is 1. The molecule has 5 heteroatoms. The monoisotopic (exact) mass is 261 g/mol. The molecule has 0 aliphatic carbocycles. The molecule has 0 aliphatic rings. The largest absolute Gasteiger partial charge is 0.314 e. The Morgan fingerprint density at radius 1 is 1.32 bits per heavy atom. The lowest BCUT2D eigenvalue weighted by atomic mass is 10.1. The van der Waals surface area contributed by atoms with Gasteiger partial charge in [-0.25, -0.2) is 0 Å². The van der Waals surface area contributed by atoms with E-state index in [1.807, 2.05) is 31.4 Å². The van der Waals surface area contributed by atoms with Crippen LogP contribution in [0.3, 0.4) is 0 Å². The minimum Gasteiger partial charge on any atom is -0.314 e. The van der Waals surface area contributed by atoms with Gasteiger partial charge in [0.25, 0.3) is 5.69 Å². The van der Waals surface area contributed by atoms with Gasteiger partial charge in [-0.2, -0.15) is 0 Å². The maximum atomic E-state index is 11.8. The molecule has 1 rings (SSSR count). The van der Waals surface area contributed by atoms with Crippen LogP contribution in [0.4, 0.5) is 5.69 Å². The van der Waals surface area contributed by atoms with E-state index in [0.29, 0.717) is 5.56 Å². The Labute approximate surface area is 111 Å². The fourth-order valence-corrected chi connectivity index (χ4v) is 1.42. The van der Waals surface area contributed by atoms with Crippen LogP contribution >= 0.6 is 0 Å².